The Hall–Kier alpha value is -3.23. The van der Waals surface area contributed by atoms with Crippen molar-refractivity contribution in [2.75, 3.05) is 5.32 Å². The quantitative estimate of drug-likeness (QED) is 0.547. The van der Waals surface area contributed by atoms with Gasteiger partial charge in [-0.3, -0.25) is 14.4 Å². The van der Waals surface area contributed by atoms with E-state index in [0.29, 0.717) is 53.4 Å². The highest BCUT2D eigenvalue weighted by Gasteiger charge is 2.45. The summed E-state index contributed by atoms with van der Waals surface area (Å²) in [6, 6.07) is 3.35. The van der Waals surface area contributed by atoms with Gasteiger partial charge in [-0.05, 0) is 74.3 Å². The Kier molecular flexibility index (Phi) is 6.36. The number of nitrogens with two attached hydrogens (primary N) is 1. The van der Waals surface area contributed by atoms with Gasteiger partial charge in [0, 0.05) is 42.2 Å². The number of carbonyl (C=O) groups excluding carboxylic acids is 3. The van der Waals surface area contributed by atoms with Crippen LogP contribution in [0.25, 0.3) is 11.1 Å². The minimum Gasteiger partial charge on any atom is -0.364 e. The fourth-order valence-electron chi connectivity index (χ4n) is 7.00. The van der Waals surface area contributed by atoms with Crippen molar-refractivity contribution in [2.45, 2.75) is 72.4 Å². The van der Waals surface area contributed by atoms with Crippen LogP contribution >= 0.6 is 0 Å². The number of pyridine rings is 1. The average Bonchev–Trinajstić information content (AvgIpc) is 3.52. The molecule has 198 valence electrons. The predicted octanol–water partition coefficient (Wildman–Crippen LogP) is 3.89. The molecule has 3 heterocycles. The number of hydrogen-bond donors (Lipinski definition) is 3. The van der Waals surface area contributed by atoms with E-state index in [2.05, 4.69) is 36.4 Å². The van der Waals surface area contributed by atoms with Crippen molar-refractivity contribution in [1.29, 1.82) is 0 Å². The highest BCUT2D eigenvalue weighted by Crippen LogP contribution is 2.50. The Morgan fingerprint density at radius 2 is 1.81 bits per heavy atom. The highest BCUT2D eigenvalue weighted by molar-refractivity contribution is 5.95. The number of nitrogens with one attached hydrogen (secondary N) is 2. The maximum Gasteiger partial charge on any atom is 0.265 e. The molecular formula is C28H36FN5O3. The molecule has 1 aliphatic heterocycles. The number of carbonyl (C=O) groups is 3. The van der Waals surface area contributed by atoms with E-state index in [9.17, 15) is 18.8 Å². The second-order valence-corrected chi connectivity index (χ2v) is 12.1. The van der Waals surface area contributed by atoms with Crippen LogP contribution in [0.3, 0.4) is 0 Å². The maximum absolute atomic E-state index is 15.0. The summed E-state index contributed by atoms with van der Waals surface area (Å²) in [6.07, 6.45) is 5.48. The zero-order valence-electron chi connectivity index (χ0n) is 21.9. The summed E-state index contributed by atoms with van der Waals surface area (Å²) in [6.45, 7) is 8.43. The number of fused-ring (bicyclic) bond motifs is 2. The van der Waals surface area contributed by atoms with Crippen LogP contribution in [0.5, 0.6) is 0 Å². The van der Waals surface area contributed by atoms with Crippen LogP contribution in [-0.2, 0) is 22.6 Å². The lowest BCUT2D eigenvalue weighted by atomic mass is 9.89. The summed E-state index contributed by atoms with van der Waals surface area (Å²) in [5.41, 5.74) is 7.69. The third-order valence-corrected chi connectivity index (χ3v) is 8.65. The molecule has 37 heavy (non-hydrogen) atoms. The molecule has 0 radical (unpaired) electrons. The lowest BCUT2D eigenvalue weighted by molar-refractivity contribution is -0.120. The summed E-state index contributed by atoms with van der Waals surface area (Å²) >= 11 is 0. The van der Waals surface area contributed by atoms with Crippen molar-refractivity contribution in [2.24, 2.45) is 34.8 Å². The summed E-state index contributed by atoms with van der Waals surface area (Å²) in [4.78, 5) is 40.7. The summed E-state index contributed by atoms with van der Waals surface area (Å²) in [5, 5.41) is 5.92. The van der Waals surface area contributed by atoms with Crippen LogP contribution in [0.4, 0.5) is 10.2 Å². The van der Waals surface area contributed by atoms with Gasteiger partial charge in [-0.15, -0.1) is 0 Å². The van der Waals surface area contributed by atoms with Crippen molar-refractivity contribution in [3.8, 4) is 11.1 Å². The molecule has 5 rings (SSSR count). The fraction of sp³-hybridized carbons (Fsp3) is 0.571. The molecule has 3 amide bonds. The standard InChI is InChI=1S/C28H36FN5O3/c1-14(32-15(2)35)16-5-17-7-19(8-18(17)6-16)27(37)33-25-10-20(22(29)12-31-25)21-9-23(26(30)36)34-13-28(3,4)11-24(21)34/h9-10,12,14,16-19H,5-8,11,13H2,1-4H3,(H2,30,36)(H,32,35)(H,31,33,37)/t14?,16?,17-,18+,19?. The summed E-state index contributed by atoms with van der Waals surface area (Å²) < 4.78 is 16.9. The van der Waals surface area contributed by atoms with E-state index in [1.54, 1.807) is 19.1 Å². The first-order chi connectivity index (χ1) is 17.4. The first-order valence-corrected chi connectivity index (χ1v) is 13.2. The first-order valence-electron chi connectivity index (χ1n) is 13.2. The number of aromatic nitrogens is 2. The SMILES string of the molecule is CC(=O)NC(C)C1C[C@H]2CC(C(=O)Nc3cc(-c4cc(C(N)=O)n5c4CC(C)(C)C5)c(F)cn3)C[C@H]2C1. The Morgan fingerprint density at radius 3 is 2.43 bits per heavy atom. The van der Waals surface area contributed by atoms with Gasteiger partial charge in [0.2, 0.25) is 11.8 Å². The topological polar surface area (TPSA) is 119 Å². The van der Waals surface area contributed by atoms with Crippen molar-refractivity contribution < 1.29 is 18.8 Å². The highest BCUT2D eigenvalue weighted by atomic mass is 19.1. The first kappa shape index (κ1) is 25.4. The molecule has 2 aliphatic carbocycles. The van der Waals surface area contributed by atoms with E-state index in [0.717, 1.165) is 37.6 Å². The summed E-state index contributed by atoms with van der Waals surface area (Å²) in [7, 11) is 0. The zero-order valence-corrected chi connectivity index (χ0v) is 21.9. The third-order valence-electron chi connectivity index (χ3n) is 8.65. The lowest BCUT2D eigenvalue weighted by Gasteiger charge is -2.21. The van der Waals surface area contributed by atoms with E-state index >= 15 is 0 Å². The predicted molar refractivity (Wildman–Crippen MR) is 138 cm³/mol. The molecule has 0 spiro atoms. The maximum atomic E-state index is 15.0. The Bertz CT molecular complexity index is 1250. The van der Waals surface area contributed by atoms with Crippen molar-refractivity contribution in [3.63, 3.8) is 0 Å². The van der Waals surface area contributed by atoms with Gasteiger partial charge in [0.05, 0.1) is 6.20 Å². The van der Waals surface area contributed by atoms with Gasteiger partial charge in [0.1, 0.15) is 17.3 Å². The lowest BCUT2D eigenvalue weighted by Crippen LogP contribution is -2.36. The van der Waals surface area contributed by atoms with Gasteiger partial charge in [-0.2, -0.15) is 0 Å². The molecule has 8 nitrogen and oxygen atoms in total. The summed E-state index contributed by atoms with van der Waals surface area (Å²) in [5.74, 6) is 0.442. The normalized spacial score (nSPS) is 26.4. The molecule has 4 N–H and O–H groups in total. The van der Waals surface area contributed by atoms with Gasteiger partial charge in [0.25, 0.3) is 5.91 Å². The second-order valence-electron chi connectivity index (χ2n) is 12.1. The molecule has 9 heteroatoms. The van der Waals surface area contributed by atoms with E-state index in [1.165, 1.54) is 0 Å². The molecule has 2 fully saturated rings. The number of primary amides is 1. The number of anilines is 1. The van der Waals surface area contributed by atoms with Gasteiger partial charge in [-0.25, -0.2) is 9.37 Å². The number of hydrogen-bond acceptors (Lipinski definition) is 4. The molecule has 0 aromatic carbocycles. The molecular weight excluding hydrogens is 473 g/mol. The molecule has 0 saturated heterocycles. The third kappa shape index (κ3) is 4.88. The monoisotopic (exact) mass is 509 g/mol. The van der Waals surface area contributed by atoms with E-state index in [1.807, 2.05) is 4.57 Å². The van der Waals surface area contributed by atoms with Gasteiger partial charge < -0.3 is 20.9 Å². The van der Waals surface area contributed by atoms with Crippen molar-refractivity contribution in [3.05, 3.63) is 35.5 Å². The zero-order chi connectivity index (χ0) is 26.6. The molecule has 3 aliphatic rings. The minimum atomic E-state index is -0.548. The molecule has 0 bridgehead atoms. The molecule has 2 aromatic heterocycles. The van der Waals surface area contributed by atoms with Crippen molar-refractivity contribution in [1.82, 2.24) is 14.9 Å². The van der Waals surface area contributed by atoms with E-state index in [-0.39, 0.29) is 29.2 Å². The molecule has 5 atom stereocenters. The van der Waals surface area contributed by atoms with Crippen LogP contribution in [-0.4, -0.2) is 33.3 Å². The van der Waals surface area contributed by atoms with Crippen LogP contribution < -0.4 is 16.4 Å². The number of nitrogens with zero attached hydrogens (tertiary/aromatic N) is 2. The van der Waals surface area contributed by atoms with Gasteiger partial charge in [0.15, 0.2) is 0 Å². The van der Waals surface area contributed by atoms with Crippen LogP contribution in [0, 0.1) is 34.9 Å². The Balaban J connectivity index is 1.30. The number of rotatable bonds is 6. The van der Waals surface area contributed by atoms with Crippen molar-refractivity contribution >= 4 is 23.5 Å². The van der Waals surface area contributed by atoms with Crippen LogP contribution in [0.2, 0.25) is 0 Å². The molecule has 2 saturated carbocycles. The van der Waals surface area contributed by atoms with Gasteiger partial charge >= 0.3 is 0 Å². The van der Waals surface area contributed by atoms with Crippen LogP contribution in [0.15, 0.2) is 18.3 Å². The van der Waals surface area contributed by atoms with E-state index in [4.69, 9.17) is 5.73 Å². The molecule has 3 unspecified atom stereocenters. The Morgan fingerprint density at radius 1 is 1.14 bits per heavy atom. The molecule has 2 aromatic rings. The largest absolute Gasteiger partial charge is 0.364 e. The Labute approximate surface area is 216 Å². The fourth-order valence-corrected chi connectivity index (χ4v) is 7.00. The van der Waals surface area contributed by atoms with E-state index < -0.39 is 11.7 Å². The minimum absolute atomic E-state index is 0.00663. The number of halogens is 1. The van der Waals surface area contributed by atoms with Gasteiger partial charge in [-0.1, -0.05) is 13.8 Å². The van der Waals surface area contributed by atoms with Crippen LogP contribution in [0.1, 0.15) is 69.6 Å². The smallest absolute Gasteiger partial charge is 0.265 e. The second kappa shape index (κ2) is 9.26. The number of amides is 3. The average molecular weight is 510 g/mol.